The highest BCUT2D eigenvalue weighted by Gasteiger charge is 2.13. The van der Waals surface area contributed by atoms with E-state index in [1.54, 1.807) is 0 Å². The Labute approximate surface area is 99.8 Å². The van der Waals surface area contributed by atoms with Gasteiger partial charge in [0, 0.05) is 23.7 Å². The average molecular weight is 243 g/mol. The van der Waals surface area contributed by atoms with Crippen molar-refractivity contribution in [2.45, 2.75) is 25.8 Å². The van der Waals surface area contributed by atoms with E-state index in [4.69, 9.17) is 17.3 Å². The van der Waals surface area contributed by atoms with Gasteiger partial charge in [0.05, 0.1) is 7.11 Å². The largest absolute Gasteiger partial charge is 0.469 e. The Hall–Kier alpha value is -1.13. The number of pyridine rings is 1. The third-order valence-corrected chi connectivity index (χ3v) is 2.61. The van der Waals surface area contributed by atoms with Crippen LogP contribution in [0.4, 0.5) is 0 Å². The third-order valence-electron chi connectivity index (χ3n) is 2.30. The molecule has 0 aliphatic heterocycles. The first-order valence-electron chi connectivity index (χ1n) is 5.00. The lowest BCUT2D eigenvalue weighted by molar-refractivity contribution is -0.140. The summed E-state index contributed by atoms with van der Waals surface area (Å²) < 4.78 is 4.54. The lowest BCUT2D eigenvalue weighted by Crippen LogP contribution is -2.14. The summed E-state index contributed by atoms with van der Waals surface area (Å²) in [4.78, 5) is 15.1. The number of ether oxygens (including phenoxy) is 1. The molecule has 1 atom stereocenters. The van der Waals surface area contributed by atoms with Gasteiger partial charge in [0.15, 0.2) is 0 Å². The van der Waals surface area contributed by atoms with Gasteiger partial charge in [-0.25, -0.2) is 4.98 Å². The van der Waals surface area contributed by atoms with Crippen LogP contribution in [0.15, 0.2) is 12.1 Å². The first-order chi connectivity index (χ1) is 7.54. The Morgan fingerprint density at radius 1 is 1.62 bits per heavy atom. The standard InChI is InChI=1S/C11H15ClN2O2/c1-7-3-4-8(11(12)14-7)9(13)5-6-10(15)16-2/h3-4,9H,5-6,13H2,1-2H3. The molecule has 0 bridgehead atoms. The van der Waals surface area contributed by atoms with Crippen molar-refractivity contribution in [3.05, 3.63) is 28.5 Å². The smallest absolute Gasteiger partial charge is 0.305 e. The predicted octanol–water partition coefficient (Wildman–Crippen LogP) is 2.00. The summed E-state index contributed by atoms with van der Waals surface area (Å²) in [6.45, 7) is 1.86. The Morgan fingerprint density at radius 2 is 2.31 bits per heavy atom. The van der Waals surface area contributed by atoms with Gasteiger partial charge in [0.2, 0.25) is 0 Å². The number of esters is 1. The number of carbonyl (C=O) groups excluding carboxylic acids is 1. The van der Waals surface area contributed by atoms with Crippen LogP contribution in [0.5, 0.6) is 0 Å². The minimum absolute atomic E-state index is 0.272. The number of nitrogens with two attached hydrogens (primary N) is 1. The molecule has 1 aromatic heterocycles. The summed E-state index contributed by atoms with van der Waals surface area (Å²) >= 11 is 5.97. The summed E-state index contributed by atoms with van der Waals surface area (Å²) in [5, 5.41) is 0.400. The number of carbonyl (C=O) groups is 1. The second-order valence-electron chi connectivity index (χ2n) is 3.55. The van der Waals surface area contributed by atoms with Gasteiger partial charge in [-0.1, -0.05) is 17.7 Å². The fourth-order valence-corrected chi connectivity index (χ4v) is 1.68. The van der Waals surface area contributed by atoms with Crippen LogP contribution in [0.1, 0.15) is 30.1 Å². The molecule has 0 fully saturated rings. The molecule has 0 aliphatic rings. The Kier molecular flexibility index (Phi) is 4.71. The molecule has 88 valence electrons. The maximum atomic E-state index is 11.0. The van der Waals surface area contributed by atoms with Crippen LogP contribution in [-0.4, -0.2) is 18.1 Å². The summed E-state index contributed by atoms with van der Waals surface area (Å²) in [6.07, 6.45) is 0.777. The average Bonchev–Trinajstić information content (AvgIpc) is 2.25. The monoisotopic (exact) mass is 242 g/mol. The van der Waals surface area contributed by atoms with Crippen molar-refractivity contribution in [2.24, 2.45) is 5.73 Å². The van der Waals surface area contributed by atoms with Crippen molar-refractivity contribution in [1.29, 1.82) is 0 Å². The molecule has 0 spiro atoms. The molecule has 0 aliphatic carbocycles. The van der Waals surface area contributed by atoms with Crippen molar-refractivity contribution < 1.29 is 9.53 Å². The number of methoxy groups -OCH3 is 1. The molecular formula is C11H15ClN2O2. The van der Waals surface area contributed by atoms with Crippen molar-refractivity contribution >= 4 is 17.6 Å². The molecule has 1 unspecified atom stereocenters. The minimum atomic E-state index is -0.292. The number of halogens is 1. The van der Waals surface area contributed by atoms with Gasteiger partial charge < -0.3 is 10.5 Å². The van der Waals surface area contributed by atoms with Gasteiger partial charge in [-0.15, -0.1) is 0 Å². The normalized spacial score (nSPS) is 12.2. The third kappa shape index (κ3) is 3.47. The Morgan fingerprint density at radius 3 is 2.88 bits per heavy atom. The van der Waals surface area contributed by atoms with Gasteiger partial charge in [-0.3, -0.25) is 4.79 Å². The number of hydrogen-bond donors (Lipinski definition) is 1. The number of aryl methyl sites for hydroxylation is 1. The fraction of sp³-hybridized carbons (Fsp3) is 0.455. The van der Waals surface area contributed by atoms with E-state index in [1.807, 2.05) is 19.1 Å². The van der Waals surface area contributed by atoms with E-state index < -0.39 is 0 Å². The second kappa shape index (κ2) is 5.82. The van der Waals surface area contributed by atoms with Crippen molar-refractivity contribution in [1.82, 2.24) is 4.98 Å². The van der Waals surface area contributed by atoms with E-state index in [0.717, 1.165) is 11.3 Å². The molecule has 0 amide bonds. The number of nitrogens with zero attached hydrogens (tertiary/aromatic N) is 1. The van der Waals surface area contributed by atoms with Crippen molar-refractivity contribution in [2.75, 3.05) is 7.11 Å². The molecule has 1 aromatic rings. The van der Waals surface area contributed by atoms with Gasteiger partial charge in [-0.05, 0) is 19.4 Å². The summed E-state index contributed by atoms with van der Waals surface area (Å²) in [5.41, 5.74) is 7.52. The maximum Gasteiger partial charge on any atom is 0.305 e. The topological polar surface area (TPSA) is 65.2 Å². The van der Waals surface area contributed by atoms with E-state index in [2.05, 4.69) is 9.72 Å². The summed E-state index contributed by atoms with van der Waals surface area (Å²) in [6, 6.07) is 3.39. The molecule has 0 saturated carbocycles. The SMILES string of the molecule is COC(=O)CCC(N)c1ccc(C)nc1Cl. The molecule has 16 heavy (non-hydrogen) atoms. The van der Waals surface area contributed by atoms with Crippen LogP contribution in [0.3, 0.4) is 0 Å². The molecule has 1 rings (SSSR count). The molecule has 2 N–H and O–H groups in total. The van der Waals surface area contributed by atoms with Gasteiger partial charge in [-0.2, -0.15) is 0 Å². The van der Waals surface area contributed by atoms with Crippen molar-refractivity contribution in [3.63, 3.8) is 0 Å². The maximum absolute atomic E-state index is 11.0. The van der Waals surface area contributed by atoms with E-state index in [1.165, 1.54) is 7.11 Å². The molecule has 0 radical (unpaired) electrons. The molecule has 0 aromatic carbocycles. The first-order valence-corrected chi connectivity index (χ1v) is 5.38. The van der Waals surface area contributed by atoms with Crippen LogP contribution in [-0.2, 0) is 9.53 Å². The number of hydrogen-bond acceptors (Lipinski definition) is 4. The van der Waals surface area contributed by atoms with Crippen LogP contribution < -0.4 is 5.73 Å². The lowest BCUT2D eigenvalue weighted by Gasteiger charge is -2.12. The van der Waals surface area contributed by atoms with Crippen LogP contribution >= 0.6 is 11.6 Å². The Bertz CT molecular complexity index is 382. The predicted molar refractivity (Wildman–Crippen MR) is 62.2 cm³/mol. The van der Waals surface area contributed by atoms with E-state index in [9.17, 15) is 4.79 Å². The fourth-order valence-electron chi connectivity index (χ4n) is 1.34. The highest BCUT2D eigenvalue weighted by molar-refractivity contribution is 6.30. The Balaban J connectivity index is 2.65. The number of aromatic nitrogens is 1. The van der Waals surface area contributed by atoms with Gasteiger partial charge >= 0.3 is 5.97 Å². The van der Waals surface area contributed by atoms with Crippen molar-refractivity contribution in [3.8, 4) is 0 Å². The quantitative estimate of drug-likeness (QED) is 0.648. The molecular weight excluding hydrogens is 228 g/mol. The molecule has 1 heterocycles. The number of rotatable bonds is 4. The first kappa shape index (κ1) is 12.9. The second-order valence-corrected chi connectivity index (χ2v) is 3.91. The van der Waals surface area contributed by atoms with E-state index in [0.29, 0.717) is 11.6 Å². The summed E-state index contributed by atoms with van der Waals surface area (Å²) in [5.74, 6) is -0.272. The minimum Gasteiger partial charge on any atom is -0.469 e. The van der Waals surface area contributed by atoms with Gasteiger partial charge in [0.25, 0.3) is 0 Å². The molecule has 5 heteroatoms. The zero-order valence-corrected chi connectivity index (χ0v) is 10.1. The lowest BCUT2D eigenvalue weighted by atomic mass is 10.0. The van der Waals surface area contributed by atoms with Crippen LogP contribution in [0.2, 0.25) is 5.15 Å². The van der Waals surface area contributed by atoms with E-state index in [-0.39, 0.29) is 18.4 Å². The van der Waals surface area contributed by atoms with E-state index >= 15 is 0 Å². The summed E-state index contributed by atoms with van der Waals surface area (Å²) in [7, 11) is 1.36. The van der Waals surface area contributed by atoms with Gasteiger partial charge in [0.1, 0.15) is 5.15 Å². The highest BCUT2D eigenvalue weighted by atomic mass is 35.5. The molecule has 4 nitrogen and oxygen atoms in total. The van der Waals surface area contributed by atoms with Crippen LogP contribution in [0, 0.1) is 6.92 Å². The van der Waals surface area contributed by atoms with Crippen LogP contribution in [0.25, 0.3) is 0 Å². The highest BCUT2D eigenvalue weighted by Crippen LogP contribution is 2.23. The molecule has 0 saturated heterocycles. The zero-order valence-electron chi connectivity index (χ0n) is 9.37. The zero-order chi connectivity index (χ0) is 12.1.